The molecule has 1 atom stereocenters. The van der Waals surface area contributed by atoms with Gasteiger partial charge in [0.15, 0.2) is 0 Å². The molecule has 0 aromatic heterocycles. The number of benzene rings is 1. The molecule has 0 saturated heterocycles. The van der Waals surface area contributed by atoms with Crippen molar-refractivity contribution in [2.75, 3.05) is 5.32 Å². The first-order valence-electron chi connectivity index (χ1n) is 4.38. The van der Waals surface area contributed by atoms with Crippen LogP contribution < -0.4 is 10.5 Å². The molecule has 1 amide bonds. The van der Waals surface area contributed by atoms with Gasteiger partial charge in [-0.1, -0.05) is 15.9 Å². The maximum atomic E-state index is 11.3. The second-order valence-electron chi connectivity index (χ2n) is 3.17. The summed E-state index contributed by atoms with van der Waals surface area (Å²) in [7, 11) is -3.69. The number of primary sulfonamides is 1. The van der Waals surface area contributed by atoms with Crippen LogP contribution in [-0.2, 0) is 14.8 Å². The van der Waals surface area contributed by atoms with E-state index in [1.54, 1.807) is 6.92 Å². The van der Waals surface area contributed by atoms with E-state index in [-0.39, 0.29) is 15.6 Å². The monoisotopic (exact) mass is 306 g/mol. The summed E-state index contributed by atoms with van der Waals surface area (Å²) in [5, 5.41) is 7.53. The highest BCUT2D eigenvalue weighted by Gasteiger charge is 2.10. The molecule has 3 N–H and O–H groups in total. The second-order valence-corrected chi connectivity index (χ2v) is 6.11. The van der Waals surface area contributed by atoms with Crippen molar-refractivity contribution >= 4 is 37.5 Å². The number of alkyl halides is 1. The number of amides is 1. The summed E-state index contributed by atoms with van der Waals surface area (Å²) in [6.07, 6.45) is 0. The third kappa shape index (κ3) is 3.58. The van der Waals surface area contributed by atoms with Crippen LogP contribution in [0.15, 0.2) is 29.2 Å². The van der Waals surface area contributed by atoms with E-state index in [0.717, 1.165) is 0 Å². The largest absolute Gasteiger partial charge is 0.325 e. The number of hydrogen-bond acceptors (Lipinski definition) is 3. The number of nitrogens with one attached hydrogen (secondary N) is 1. The molecule has 1 aromatic carbocycles. The number of sulfonamides is 1. The molecule has 0 aliphatic heterocycles. The van der Waals surface area contributed by atoms with Gasteiger partial charge < -0.3 is 5.32 Å². The van der Waals surface area contributed by atoms with Crippen LogP contribution in [0, 0.1) is 0 Å². The Morgan fingerprint density at radius 1 is 1.38 bits per heavy atom. The van der Waals surface area contributed by atoms with Crippen molar-refractivity contribution in [1.82, 2.24) is 0 Å². The van der Waals surface area contributed by atoms with Gasteiger partial charge in [-0.05, 0) is 31.2 Å². The minimum absolute atomic E-state index is 0.0115. The minimum atomic E-state index is -3.69. The molecule has 0 bridgehead atoms. The van der Waals surface area contributed by atoms with E-state index >= 15 is 0 Å². The minimum Gasteiger partial charge on any atom is -0.325 e. The van der Waals surface area contributed by atoms with Crippen LogP contribution in [0.4, 0.5) is 5.69 Å². The molecule has 5 nitrogen and oxygen atoms in total. The Bertz CT molecular complexity index is 482. The Labute approximate surface area is 102 Å². The number of hydrogen-bond donors (Lipinski definition) is 2. The highest BCUT2D eigenvalue weighted by atomic mass is 79.9. The maximum absolute atomic E-state index is 11.3. The summed E-state index contributed by atoms with van der Waals surface area (Å²) in [6, 6.07) is 5.63. The fourth-order valence-electron chi connectivity index (χ4n) is 0.970. The summed E-state index contributed by atoms with van der Waals surface area (Å²) in [6.45, 7) is 1.69. The molecular formula is C9H11BrN2O3S. The smallest absolute Gasteiger partial charge is 0.238 e. The molecule has 1 rings (SSSR count). The van der Waals surface area contributed by atoms with Crippen LogP contribution in [0.3, 0.4) is 0 Å². The van der Waals surface area contributed by atoms with Gasteiger partial charge in [-0.25, -0.2) is 13.6 Å². The van der Waals surface area contributed by atoms with E-state index in [1.165, 1.54) is 24.3 Å². The molecule has 0 aliphatic carbocycles. The third-order valence-corrected chi connectivity index (χ3v) is 3.16. The molecule has 0 heterocycles. The fraction of sp³-hybridized carbons (Fsp3) is 0.222. The average molecular weight is 307 g/mol. The van der Waals surface area contributed by atoms with Crippen molar-refractivity contribution in [3.05, 3.63) is 24.3 Å². The normalized spacial score (nSPS) is 13.2. The predicted octanol–water partition coefficient (Wildman–Crippen LogP) is 1.06. The van der Waals surface area contributed by atoms with Crippen LogP contribution in [0.5, 0.6) is 0 Å². The van der Waals surface area contributed by atoms with Crippen LogP contribution in [0.1, 0.15) is 6.92 Å². The molecule has 88 valence electrons. The summed E-state index contributed by atoms with van der Waals surface area (Å²) in [4.78, 5) is 11.0. The SMILES string of the molecule is CC(Br)C(=O)Nc1ccc(S(N)(=O)=O)cc1. The number of halogens is 1. The summed E-state index contributed by atoms with van der Waals surface area (Å²) in [5.74, 6) is -0.205. The van der Waals surface area contributed by atoms with Gasteiger partial charge in [-0.2, -0.15) is 0 Å². The lowest BCUT2D eigenvalue weighted by Crippen LogP contribution is -2.20. The van der Waals surface area contributed by atoms with Crippen molar-refractivity contribution in [3.63, 3.8) is 0 Å². The standard InChI is InChI=1S/C9H11BrN2O3S/c1-6(10)9(13)12-7-2-4-8(5-3-7)16(11,14)15/h2-6H,1H3,(H,12,13)(H2,11,14,15). The molecule has 1 aromatic rings. The molecule has 0 radical (unpaired) electrons. The molecule has 0 spiro atoms. The predicted molar refractivity (Wildman–Crippen MR) is 64.8 cm³/mol. The number of anilines is 1. The Morgan fingerprint density at radius 3 is 2.25 bits per heavy atom. The van der Waals surface area contributed by atoms with Crippen molar-refractivity contribution in [2.45, 2.75) is 16.6 Å². The van der Waals surface area contributed by atoms with Crippen LogP contribution in [0.25, 0.3) is 0 Å². The van der Waals surface area contributed by atoms with E-state index in [4.69, 9.17) is 5.14 Å². The fourth-order valence-corrected chi connectivity index (χ4v) is 1.60. The number of carbonyl (C=O) groups excluding carboxylic acids is 1. The highest BCUT2D eigenvalue weighted by Crippen LogP contribution is 2.13. The van der Waals surface area contributed by atoms with E-state index in [0.29, 0.717) is 5.69 Å². The van der Waals surface area contributed by atoms with Gasteiger partial charge in [0.1, 0.15) is 0 Å². The van der Waals surface area contributed by atoms with Crippen molar-refractivity contribution in [1.29, 1.82) is 0 Å². The number of nitrogens with two attached hydrogens (primary N) is 1. The zero-order valence-electron chi connectivity index (χ0n) is 8.48. The first-order valence-corrected chi connectivity index (χ1v) is 6.84. The first kappa shape index (κ1) is 13.1. The molecular weight excluding hydrogens is 296 g/mol. The number of carbonyl (C=O) groups is 1. The second kappa shape index (κ2) is 4.94. The Morgan fingerprint density at radius 2 is 1.88 bits per heavy atom. The van der Waals surface area contributed by atoms with Crippen molar-refractivity contribution < 1.29 is 13.2 Å². The summed E-state index contributed by atoms with van der Waals surface area (Å²) in [5.41, 5.74) is 0.517. The van der Waals surface area contributed by atoms with Crippen LogP contribution in [-0.4, -0.2) is 19.2 Å². The molecule has 1 unspecified atom stereocenters. The topological polar surface area (TPSA) is 89.3 Å². The Kier molecular flexibility index (Phi) is 4.06. The number of rotatable bonds is 3. The summed E-state index contributed by atoms with van der Waals surface area (Å²) >= 11 is 3.12. The van der Waals surface area contributed by atoms with Crippen molar-refractivity contribution in [3.8, 4) is 0 Å². The molecule has 7 heteroatoms. The van der Waals surface area contributed by atoms with Gasteiger partial charge in [-0.3, -0.25) is 4.79 Å². The maximum Gasteiger partial charge on any atom is 0.238 e. The molecule has 0 fully saturated rings. The van der Waals surface area contributed by atoms with Crippen LogP contribution >= 0.6 is 15.9 Å². The Balaban J connectivity index is 2.84. The van der Waals surface area contributed by atoms with Gasteiger partial charge in [-0.15, -0.1) is 0 Å². The zero-order valence-corrected chi connectivity index (χ0v) is 10.9. The molecule has 16 heavy (non-hydrogen) atoms. The van der Waals surface area contributed by atoms with Gasteiger partial charge >= 0.3 is 0 Å². The van der Waals surface area contributed by atoms with Crippen LogP contribution in [0.2, 0.25) is 0 Å². The van der Waals surface area contributed by atoms with E-state index < -0.39 is 10.0 Å². The van der Waals surface area contributed by atoms with Gasteiger partial charge in [0.25, 0.3) is 0 Å². The highest BCUT2D eigenvalue weighted by molar-refractivity contribution is 9.10. The van der Waals surface area contributed by atoms with Gasteiger partial charge in [0.2, 0.25) is 15.9 Å². The average Bonchev–Trinajstić information content (AvgIpc) is 2.17. The van der Waals surface area contributed by atoms with E-state index in [9.17, 15) is 13.2 Å². The first-order chi connectivity index (χ1) is 7.30. The van der Waals surface area contributed by atoms with E-state index in [2.05, 4.69) is 21.2 Å². The van der Waals surface area contributed by atoms with Gasteiger partial charge in [0.05, 0.1) is 9.72 Å². The van der Waals surface area contributed by atoms with E-state index in [1.807, 2.05) is 0 Å². The summed E-state index contributed by atoms with van der Waals surface area (Å²) < 4.78 is 21.9. The third-order valence-electron chi connectivity index (χ3n) is 1.81. The van der Waals surface area contributed by atoms with Gasteiger partial charge in [0, 0.05) is 5.69 Å². The lowest BCUT2D eigenvalue weighted by molar-refractivity contribution is -0.115. The lowest BCUT2D eigenvalue weighted by Gasteiger charge is -2.06. The zero-order chi connectivity index (χ0) is 12.3. The molecule has 0 aliphatic rings. The quantitative estimate of drug-likeness (QED) is 0.818. The molecule has 0 saturated carbocycles. The van der Waals surface area contributed by atoms with Crippen molar-refractivity contribution in [2.24, 2.45) is 5.14 Å². The lowest BCUT2D eigenvalue weighted by atomic mass is 10.3. The Hall–Kier alpha value is -0.920.